The summed E-state index contributed by atoms with van der Waals surface area (Å²) in [7, 11) is 0. The van der Waals surface area contributed by atoms with Gasteiger partial charge in [0.25, 0.3) is 0 Å². The van der Waals surface area contributed by atoms with Crippen LogP contribution in [0.1, 0.15) is 11.3 Å². The average molecular weight is 258 g/mol. The van der Waals surface area contributed by atoms with Crippen LogP contribution in [-0.2, 0) is 11.2 Å². The minimum atomic E-state index is -0.226. The average Bonchev–Trinajstić information content (AvgIpc) is 2.82. The van der Waals surface area contributed by atoms with E-state index in [1.165, 1.54) is 12.1 Å². The second-order valence-electron chi connectivity index (χ2n) is 4.50. The van der Waals surface area contributed by atoms with Crippen molar-refractivity contribution in [2.24, 2.45) is 0 Å². The van der Waals surface area contributed by atoms with Gasteiger partial charge in [0.05, 0.1) is 0 Å². The number of rotatable bonds is 2. The number of hydrogen-bond donors (Lipinski definition) is 0. The molecule has 0 saturated carbocycles. The summed E-state index contributed by atoms with van der Waals surface area (Å²) in [5.74, 6) is -0.0694. The quantitative estimate of drug-likeness (QED) is 0.794. The molecule has 3 heteroatoms. The summed E-state index contributed by atoms with van der Waals surface area (Å²) in [5.41, 5.74) is 1.69. The largest absolute Gasteiger partial charge is 0.294 e. The van der Waals surface area contributed by atoms with Crippen LogP contribution in [0, 0.1) is 5.82 Å². The molecule has 1 heterocycles. The van der Waals surface area contributed by atoms with Crippen molar-refractivity contribution in [1.82, 2.24) is 0 Å². The molecule has 0 bridgehead atoms. The van der Waals surface area contributed by atoms with Crippen molar-refractivity contribution in [3.8, 4) is 0 Å². The van der Waals surface area contributed by atoms with Crippen LogP contribution < -0.4 is 0 Å². The van der Waals surface area contributed by atoms with Gasteiger partial charge in [-0.25, -0.2) is 4.39 Å². The molecule has 1 aromatic carbocycles. The molecule has 1 aliphatic carbocycles. The molecule has 0 aliphatic heterocycles. The number of allylic oxidation sites excluding steroid dienone is 3. The molecule has 0 unspecified atom stereocenters. The van der Waals surface area contributed by atoms with Crippen LogP contribution >= 0.6 is 11.3 Å². The molecule has 0 atom stereocenters. The molecule has 18 heavy (non-hydrogen) atoms. The molecule has 90 valence electrons. The smallest absolute Gasteiger partial charge is 0.163 e. The van der Waals surface area contributed by atoms with Gasteiger partial charge in [-0.15, -0.1) is 11.3 Å². The van der Waals surface area contributed by atoms with Gasteiger partial charge >= 0.3 is 0 Å². The zero-order chi connectivity index (χ0) is 12.7. The standard InChI is InChI=1S/C15H11FOS/c1-9-4-10(14(17)5-9)7-13-8-11-6-12(16)2-3-15(11)18-13/h2-4,6,8H,1,5,7H2. The van der Waals surface area contributed by atoms with Crippen molar-refractivity contribution in [3.63, 3.8) is 0 Å². The van der Waals surface area contributed by atoms with E-state index in [2.05, 4.69) is 6.58 Å². The van der Waals surface area contributed by atoms with E-state index in [1.54, 1.807) is 17.4 Å². The van der Waals surface area contributed by atoms with E-state index in [-0.39, 0.29) is 11.6 Å². The number of benzene rings is 1. The maximum Gasteiger partial charge on any atom is 0.163 e. The van der Waals surface area contributed by atoms with Gasteiger partial charge in [-0.3, -0.25) is 4.79 Å². The summed E-state index contributed by atoms with van der Waals surface area (Å²) in [5, 5.41) is 0.903. The fourth-order valence-corrected chi connectivity index (χ4v) is 3.26. The van der Waals surface area contributed by atoms with Crippen LogP contribution in [0.5, 0.6) is 0 Å². The Morgan fingerprint density at radius 3 is 2.89 bits per heavy atom. The molecule has 0 saturated heterocycles. The third-order valence-corrected chi connectivity index (χ3v) is 4.13. The van der Waals surface area contributed by atoms with E-state index in [9.17, 15) is 9.18 Å². The zero-order valence-electron chi connectivity index (χ0n) is 9.70. The van der Waals surface area contributed by atoms with Crippen molar-refractivity contribution < 1.29 is 9.18 Å². The minimum Gasteiger partial charge on any atom is -0.294 e. The third kappa shape index (κ3) is 2.02. The molecule has 0 amide bonds. The number of thiophene rings is 1. The SMILES string of the molecule is C=C1C=C(Cc2cc3cc(F)ccc3s2)C(=O)C1. The Bertz CT molecular complexity index is 694. The third-order valence-electron chi connectivity index (χ3n) is 3.02. The van der Waals surface area contributed by atoms with Crippen molar-refractivity contribution in [2.45, 2.75) is 12.8 Å². The van der Waals surface area contributed by atoms with Gasteiger partial charge in [0.2, 0.25) is 0 Å². The van der Waals surface area contributed by atoms with Crippen LogP contribution in [0.4, 0.5) is 4.39 Å². The Hall–Kier alpha value is -1.74. The molecule has 3 rings (SSSR count). The minimum absolute atomic E-state index is 0.156. The summed E-state index contributed by atoms with van der Waals surface area (Å²) in [4.78, 5) is 12.8. The lowest BCUT2D eigenvalue weighted by molar-refractivity contribution is -0.114. The fraction of sp³-hybridized carbons (Fsp3) is 0.133. The molecular formula is C15H11FOS. The van der Waals surface area contributed by atoms with Crippen molar-refractivity contribution in [3.05, 3.63) is 58.8 Å². The lowest BCUT2D eigenvalue weighted by Gasteiger charge is -1.95. The summed E-state index contributed by atoms with van der Waals surface area (Å²) >= 11 is 1.61. The topological polar surface area (TPSA) is 17.1 Å². The highest BCUT2D eigenvalue weighted by atomic mass is 32.1. The lowest BCUT2D eigenvalue weighted by atomic mass is 10.1. The first-order valence-electron chi connectivity index (χ1n) is 5.71. The summed E-state index contributed by atoms with van der Waals surface area (Å²) < 4.78 is 14.1. The number of carbonyl (C=O) groups excluding carboxylic acids is 1. The predicted molar refractivity (Wildman–Crippen MR) is 72.3 cm³/mol. The Morgan fingerprint density at radius 1 is 1.33 bits per heavy atom. The Morgan fingerprint density at radius 2 is 2.17 bits per heavy atom. The first-order valence-corrected chi connectivity index (χ1v) is 6.53. The second-order valence-corrected chi connectivity index (χ2v) is 5.67. The molecule has 0 radical (unpaired) electrons. The molecule has 1 aromatic heterocycles. The highest BCUT2D eigenvalue weighted by Crippen LogP contribution is 2.30. The molecule has 0 N–H and O–H groups in total. The Kier molecular flexibility index (Phi) is 2.63. The highest BCUT2D eigenvalue weighted by Gasteiger charge is 2.18. The van der Waals surface area contributed by atoms with Crippen LogP contribution in [0.25, 0.3) is 10.1 Å². The van der Waals surface area contributed by atoms with Gasteiger partial charge in [-0.05, 0) is 35.2 Å². The first-order chi connectivity index (χ1) is 8.61. The molecule has 0 fully saturated rings. The number of halogens is 1. The molecule has 1 aliphatic rings. The van der Waals surface area contributed by atoms with E-state index in [0.29, 0.717) is 12.8 Å². The number of carbonyl (C=O) groups is 1. The van der Waals surface area contributed by atoms with E-state index in [4.69, 9.17) is 0 Å². The van der Waals surface area contributed by atoms with Crippen molar-refractivity contribution >= 4 is 27.2 Å². The normalized spacial score (nSPS) is 15.5. The van der Waals surface area contributed by atoms with Gasteiger partial charge in [0.15, 0.2) is 5.78 Å². The zero-order valence-corrected chi connectivity index (χ0v) is 10.5. The molecule has 1 nitrogen and oxygen atoms in total. The Labute approximate surface area is 108 Å². The lowest BCUT2D eigenvalue weighted by Crippen LogP contribution is -1.97. The summed E-state index contributed by atoms with van der Waals surface area (Å²) in [6.45, 7) is 3.81. The van der Waals surface area contributed by atoms with Gasteiger partial charge in [0, 0.05) is 28.0 Å². The first kappa shape index (κ1) is 11.4. The fourth-order valence-electron chi connectivity index (χ4n) is 2.19. The number of ketones is 1. The van der Waals surface area contributed by atoms with Gasteiger partial charge in [0.1, 0.15) is 5.82 Å². The molecule has 2 aromatic rings. The second kappa shape index (κ2) is 4.18. The van der Waals surface area contributed by atoms with E-state index in [0.717, 1.165) is 26.1 Å². The summed E-state index contributed by atoms with van der Waals surface area (Å²) in [6, 6.07) is 6.73. The van der Waals surface area contributed by atoms with E-state index < -0.39 is 0 Å². The van der Waals surface area contributed by atoms with Gasteiger partial charge < -0.3 is 0 Å². The van der Waals surface area contributed by atoms with Crippen molar-refractivity contribution in [2.75, 3.05) is 0 Å². The van der Waals surface area contributed by atoms with Gasteiger partial charge in [-0.1, -0.05) is 12.7 Å². The van der Waals surface area contributed by atoms with Crippen molar-refractivity contribution in [1.29, 1.82) is 0 Å². The van der Waals surface area contributed by atoms with Crippen LogP contribution in [0.2, 0.25) is 0 Å². The monoisotopic (exact) mass is 258 g/mol. The highest BCUT2D eigenvalue weighted by molar-refractivity contribution is 7.19. The van der Waals surface area contributed by atoms with Crippen LogP contribution in [-0.4, -0.2) is 5.78 Å². The number of Topliss-reactive ketones (excluding diaryl/α,β-unsaturated/α-hetero) is 1. The summed E-state index contributed by atoms with van der Waals surface area (Å²) in [6.07, 6.45) is 2.93. The Balaban J connectivity index is 1.94. The maximum atomic E-state index is 13.1. The van der Waals surface area contributed by atoms with Crippen LogP contribution in [0.3, 0.4) is 0 Å². The predicted octanol–water partition coefficient (Wildman–Crippen LogP) is 4.04. The molecular weight excluding hydrogens is 247 g/mol. The number of fused-ring (bicyclic) bond motifs is 1. The van der Waals surface area contributed by atoms with E-state index >= 15 is 0 Å². The maximum absolute atomic E-state index is 13.1. The molecule has 0 spiro atoms. The number of hydrogen-bond acceptors (Lipinski definition) is 2. The van der Waals surface area contributed by atoms with Gasteiger partial charge in [-0.2, -0.15) is 0 Å². The van der Waals surface area contributed by atoms with E-state index in [1.807, 2.05) is 12.1 Å². The van der Waals surface area contributed by atoms with Crippen LogP contribution in [0.15, 0.2) is 48.1 Å².